The molecular formula is C15H26O. The van der Waals surface area contributed by atoms with E-state index >= 15 is 0 Å². The first-order valence-electron chi connectivity index (χ1n) is 6.13. The van der Waals surface area contributed by atoms with Gasteiger partial charge in [-0.15, -0.1) is 0 Å². The van der Waals surface area contributed by atoms with Crippen LogP contribution in [-0.2, 0) is 6.42 Å². The van der Waals surface area contributed by atoms with E-state index in [1.165, 1.54) is 5.56 Å². The highest BCUT2D eigenvalue weighted by Crippen LogP contribution is 2.18. The summed E-state index contributed by atoms with van der Waals surface area (Å²) in [5.41, 5.74) is 2.18. The van der Waals surface area contributed by atoms with E-state index in [9.17, 15) is 5.11 Å². The van der Waals surface area contributed by atoms with Gasteiger partial charge in [-0.1, -0.05) is 57.5 Å². The molecule has 1 aromatic rings. The Balaban J connectivity index is 0. The molecule has 0 unspecified atom stereocenters. The first-order chi connectivity index (χ1) is 7.74. The van der Waals surface area contributed by atoms with E-state index in [0.29, 0.717) is 5.75 Å². The lowest BCUT2D eigenvalue weighted by molar-refractivity contribution is 0.469. The topological polar surface area (TPSA) is 20.2 Å². The average Bonchev–Trinajstić information content (AvgIpc) is 2.35. The third kappa shape index (κ3) is 7.10. The number of allylic oxidation sites excluding steroid dienone is 2. The predicted molar refractivity (Wildman–Crippen MR) is 74.1 cm³/mol. The van der Waals surface area contributed by atoms with Gasteiger partial charge in [-0.25, -0.2) is 0 Å². The molecule has 0 spiro atoms. The number of phenolic OH excluding ortho intramolecular Hbond substituents is 1. The second-order valence-electron chi connectivity index (χ2n) is 2.91. The second kappa shape index (κ2) is 11.8. The van der Waals surface area contributed by atoms with Crippen LogP contribution < -0.4 is 0 Å². The summed E-state index contributed by atoms with van der Waals surface area (Å²) in [6.07, 6.45) is 4.83. The molecule has 1 heteroatoms. The lowest BCUT2D eigenvalue weighted by Crippen LogP contribution is -1.83. The molecule has 1 rings (SSSR count). The van der Waals surface area contributed by atoms with Gasteiger partial charge in [0.2, 0.25) is 0 Å². The largest absolute Gasteiger partial charge is 0.508 e. The van der Waals surface area contributed by atoms with E-state index in [0.717, 1.165) is 12.0 Å². The highest BCUT2D eigenvalue weighted by atomic mass is 16.3. The monoisotopic (exact) mass is 222 g/mol. The van der Waals surface area contributed by atoms with Crippen LogP contribution in [0.2, 0.25) is 0 Å². The molecule has 0 radical (unpaired) electrons. The summed E-state index contributed by atoms with van der Waals surface area (Å²) in [6.45, 7) is 12.0. The molecule has 92 valence electrons. The number of benzene rings is 1. The van der Waals surface area contributed by atoms with Crippen molar-refractivity contribution in [2.45, 2.75) is 48.0 Å². The van der Waals surface area contributed by atoms with Gasteiger partial charge in [0.25, 0.3) is 0 Å². The third-order valence-electron chi connectivity index (χ3n) is 1.81. The van der Waals surface area contributed by atoms with Crippen molar-refractivity contribution in [1.82, 2.24) is 0 Å². The van der Waals surface area contributed by atoms with Crippen molar-refractivity contribution < 1.29 is 5.11 Å². The molecule has 1 nitrogen and oxygen atoms in total. The SMILES string of the molecule is C/C=C/Cc1cc(C)ccc1O.CC.CC. The van der Waals surface area contributed by atoms with Crippen molar-refractivity contribution in [3.63, 3.8) is 0 Å². The average molecular weight is 222 g/mol. The number of aromatic hydroxyl groups is 1. The fourth-order valence-corrected chi connectivity index (χ4v) is 1.12. The maximum Gasteiger partial charge on any atom is 0.119 e. The van der Waals surface area contributed by atoms with Crippen molar-refractivity contribution in [3.05, 3.63) is 41.5 Å². The zero-order valence-corrected chi connectivity index (χ0v) is 11.5. The maximum atomic E-state index is 9.43. The van der Waals surface area contributed by atoms with Gasteiger partial charge in [-0.2, -0.15) is 0 Å². The highest BCUT2D eigenvalue weighted by Gasteiger charge is 1.97. The molecular weight excluding hydrogens is 196 g/mol. The van der Waals surface area contributed by atoms with E-state index in [1.807, 2.05) is 65.8 Å². The molecule has 0 saturated heterocycles. The summed E-state index contributed by atoms with van der Waals surface area (Å²) < 4.78 is 0. The van der Waals surface area contributed by atoms with Gasteiger partial charge in [0, 0.05) is 0 Å². The van der Waals surface area contributed by atoms with Crippen LogP contribution in [-0.4, -0.2) is 5.11 Å². The molecule has 0 atom stereocenters. The van der Waals surface area contributed by atoms with Crippen molar-refractivity contribution in [2.75, 3.05) is 0 Å². The van der Waals surface area contributed by atoms with Crippen LogP contribution in [0.4, 0.5) is 0 Å². The van der Waals surface area contributed by atoms with Crippen LogP contribution in [0.15, 0.2) is 30.4 Å². The standard InChI is InChI=1S/C11H14O.2C2H6/c1-3-4-5-10-8-9(2)6-7-11(10)12;2*1-2/h3-4,6-8,12H,5H2,1-2H3;2*1-2H3/b4-3+;;. The van der Waals surface area contributed by atoms with Crippen LogP contribution in [0.5, 0.6) is 5.75 Å². The van der Waals surface area contributed by atoms with Crippen molar-refractivity contribution in [2.24, 2.45) is 0 Å². The summed E-state index contributed by atoms with van der Waals surface area (Å²) >= 11 is 0. The number of hydrogen-bond donors (Lipinski definition) is 1. The van der Waals surface area contributed by atoms with Crippen molar-refractivity contribution in [3.8, 4) is 5.75 Å². The van der Waals surface area contributed by atoms with E-state index in [2.05, 4.69) is 0 Å². The lowest BCUT2D eigenvalue weighted by Gasteiger charge is -2.01. The molecule has 0 aliphatic rings. The Labute approximate surface area is 101 Å². The van der Waals surface area contributed by atoms with E-state index < -0.39 is 0 Å². The quantitative estimate of drug-likeness (QED) is 0.708. The Morgan fingerprint density at radius 2 is 1.69 bits per heavy atom. The molecule has 0 aliphatic heterocycles. The van der Waals surface area contributed by atoms with Crippen molar-refractivity contribution in [1.29, 1.82) is 0 Å². The van der Waals surface area contributed by atoms with Crippen molar-refractivity contribution >= 4 is 0 Å². The molecule has 0 saturated carbocycles. The molecule has 1 aromatic carbocycles. The van der Waals surface area contributed by atoms with Gasteiger partial charge < -0.3 is 5.11 Å². The summed E-state index contributed by atoms with van der Waals surface area (Å²) in [7, 11) is 0. The van der Waals surface area contributed by atoms with E-state index in [-0.39, 0.29) is 0 Å². The van der Waals surface area contributed by atoms with Crippen LogP contribution in [0, 0.1) is 6.92 Å². The lowest BCUT2D eigenvalue weighted by atomic mass is 10.1. The van der Waals surface area contributed by atoms with Gasteiger partial charge in [0.05, 0.1) is 0 Å². The minimum absolute atomic E-state index is 0.388. The summed E-state index contributed by atoms with van der Waals surface area (Å²) in [6, 6.07) is 5.66. The maximum absolute atomic E-state index is 9.43. The molecule has 16 heavy (non-hydrogen) atoms. The first-order valence-corrected chi connectivity index (χ1v) is 6.13. The number of phenols is 1. The second-order valence-corrected chi connectivity index (χ2v) is 2.91. The fraction of sp³-hybridized carbons (Fsp3) is 0.467. The minimum Gasteiger partial charge on any atom is -0.508 e. The molecule has 0 amide bonds. The number of rotatable bonds is 2. The normalized spacial score (nSPS) is 8.88. The smallest absolute Gasteiger partial charge is 0.119 e. The number of aryl methyl sites for hydroxylation is 1. The van der Waals surface area contributed by atoms with E-state index in [1.54, 1.807) is 6.07 Å². The molecule has 0 aromatic heterocycles. The summed E-state index contributed by atoms with van der Waals surface area (Å²) in [5.74, 6) is 0.388. The molecule has 0 aliphatic carbocycles. The van der Waals surface area contributed by atoms with Crippen LogP contribution in [0.1, 0.15) is 45.7 Å². The predicted octanol–water partition coefficient (Wildman–Crippen LogP) is 4.87. The van der Waals surface area contributed by atoms with Crippen LogP contribution >= 0.6 is 0 Å². The van der Waals surface area contributed by atoms with Gasteiger partial charge in [-0.05, 0) is 31.9 Å². The Kier molecular flexibility index (Phi) is 12.7. The Morgan fingerprint density at radius 1 is 1.12 bits per heavy atom. The third-order valence-corrected chi connectivity index (χ3v) is 1.81. The van der Waals surface area contributed by atoms with Crippen LogP contribution in [0.25, 0.3) is 0 Å². The van der Waals surface area contributed by atoms with Crippen LogP contribution in [0.3, 0.4) is 0 Å². The van der Waals surface area contributed by atoms with Gasteiger partial charge in [-0.3, -0.25) is 0 Å². The Morgan fingerprint density at radius 3 is 2.19 bits per heavy atom. The van der Waals surface area contributed by atoms with Gasteiger partial charge in [0.15, 0.2) is 0 Å². The fourth-order valence-electron chi connectivity index (χ4n) is 1.12. The summed E-state index contributed by atoms with van der Waals surface area (Å²) in [4.78, 5) is 0. The number of hydrogen-bond acceptors (Lipinski definition) is 1. The zero-order chi connectivity index (χ0) is 13.0. The molecule has 1 N–H and O–H groups in total. The molecule has 0 heterocycles. The van der Waals surface area contributed by atoms with Gasteiger partial charge >= 0.3 is 0 Å². The van der Waals surface area contributed by atoms with E-state index in [4.69, 9.17) is 0 Å². The Hall–Kier alpha value is -1.24. The highest BCUT2D eigenvalue weighted by molar-refractivity contribution is 5.36. The first kappa shape index (κ1) is 17.2. The van der Waals surface area contributed by atoms with Gasteiger partial charge in [0.1, 0.15) is 5.75 Å². The Bertz CT molecular complexity index is 287. The molecule has 0 bridgehead atoms. The summed E-state index contributed by atoms with van der Waals surface area (Å²) in [5, 5.41) is 9.43. The minimum atomic E-state index is 0.388. The molecule has 0 fully saturated rings. The zero-order valence-electron chi connectivity index (χ0n) is 11.5.